The highest BCUT2D eigenvalue weighted by Crippen LogP contribution is 2.32. The molecule has 0 radical (unpaired) electrons. The van der Waals surface area contributed by atoms with Crippen molar-refractivity contribution in [1.29, 1.82) is 0 Å². The Morgan fingerprint density at radius 3 is 2.57 bits per heavy atom. The maximum Gasteiger partial charge on any atom is 0.235 e. The van der Waals surface area contributed by atoms with Gasteiger partial charge in [0.25, 0.3) is 0 Å². The van der Waals surface area contributed by atoms with Crippen LogP contribution in [0, 0.1) is 0 Å². The summed E-state index contributed by atoms with van der Waals surface area (Å²) in [6.45, 7) is 8.57. The summed E-state index contributed by atoms with van der Waals surface area (Å²) in [5, 5.41) is 8.37. The molecule has 0 saturated carbocycles. The van der Waals surface area contributed by atoms with Crippen LogP contribution in [0.1, 0.15) is 32.3 Å². The number of nitrogens with zero attached hydrogens (tertiary/aromatic N) is 4. The molecule has 1 fully saturated rings. The third kappa shape index (κ3) is 6.47. The van der Waals surface area contributed by atoms with Gasteiger partial charge < -0.3 is 4.90 Å². The van der Waals surface area contributed by atoms with E-state index in [1.807, 2.05) is 17.9 Å². The first kappa shape index (κ1) is 21.6. The van der Waals surface area contributed by atoms with E-state index in [1.165, 1.54) is 30.2 Å². The highest BCUT2D eigenvalue weighted by Gasteiger charge is 2.26. The number of piperazine rings is 1. The van der Waals surface area contributed by atoms with Crippen molar-refractivity contribution in [3.8, 4) is 0 Å². The molecule has 1 aromatic carbocycles. The molecule has 3 rings (SSSR count). The number of thioether (sulfide) groups is 2. The molecule has 0 spiro atoms. The Labute approximate surface area is 180 Å². The van der Waals surface area contributed by atoms with E-state index in [0.717, 1.165) is 47.2 Å². The quantitative estimate of drug-likeness (QED) is 0.432. The third-order valence-corrected chi connectivity index (χ3v) is 7.98. The number of rotatable bonds is 9. The minimum Gasteiger partial charge on any atom is -0.339 e. The Morgan fingerprint density at radius 2 is 1.86 bits per heavy atom. The Morgan fingerprint density at radius 1 is 1.14 bits per heavy atom. The Bertz CT molecular complexity index is 732. The fourth-order valence-electron chi connectivity index (χ4n) is 3.03. The predicted molar refractivity (Wildman–Crippen MR) is 119 cm³/mol. The van der Waals surface area contributed by atoms with E-state index in [0.29, 0.717) is 0 Å². The van der Waals surface area contributed by atoms with Crippen LogP contribution < -0.4 is 0 Å². The largest absolute Gasteiger partial charge is 0.339 e. The fraction of sp³-hybridized carbons (Fsp3) is 0.550. The molecule has 1 amide bonds. The molecule has 152 valence electrons. The Balaban J connectivity index is 1.43. The first-order valence-electron chi connectivity index (χ1n) is 9.83. The molecule has 0 N–H and O–H groups in total. The zero-order valence-corrected chi connectivity index (χ0v) is 19.0. The standard InChI is InChI=1S/C20H28N4OS3/c1-3-4-14-26-19-21-22-20(28-19)27-16(2)18(25)24-12-10-23(11-13-24)15-17-8-6-5-7-9-17/h5-9,16H,3-4,10-15H2,1-2H3. The summed E-state index contributed by atoms with van der Waals surface area (Å²) in [5.41, 5.74) is 1.33. The van der Waals surface area contributed by atoms with E-state index in [1.54, 1.807) is 23.1 Å². The molecule has 1 aliphatic heterocycles. The van der Waals surface area contributed by atoms with Crippen LogP contribution in [0.3, 0.4) is 0 Å². The van der Waals surface area contributed by atoms with Gasteiger partial charge in [0.1, 0.15) is 0 Å². The minimum atomic E-state index is -0.123. The van der Waals surface area contributed by atoms with Gasteiger partial charge in [-0.05, 0) is 18.9 Å². The number of aromatic nitrogens is 2. The number of carbonyl (C=O) groups excluding carboxylic acids is 1. The van der Waals surface area contributed by atoms with Crippen LogP contribution in [0.25, 0.3) is 0 Å². The van der Waals surface area contributed by atoms with Gasteiger partial charge in [0.05, 0.1) is 5.25 Å². The van der Waals surface area contributed by atoms with Crippen molar-refractivity contribution < 1.29 is 4.79 Å². The molecular formula is C20H28N4OS3. The summed E-state index contributed by atoms with van der Waals surface area (Å²) in [7, 11) is 0. The van der Waals surface area contributed by atoms with Gasteiger partial charge >= 0.3 is 0 Å². The van der Waals surface area contributed by atoms with Crippen LogP contribution in [-0.2, 0) is 11.3 Å². The second kappa shape index (κ2) is 11.2. The van der Waals surface area contributed by atoms with Crippen molar-refractivity contribution in [3.63, 3.8) is 0 Å². The maximum absolute atomic E-state index is 12.8. The fourth-order valence-corrected chi connectivity index (χ4v) is 6.44. The molecule has 8 heteroatoms. The van der Waals surface area contributed by atoms with E-state index in [4.69, 9.17) is 0 Å². The van der Waals surface area contributed by atoms with Gasteiger partial charge in [-0.3, -0.25) is 9.69 Å². The molecule has 2 heterocycles. The lowest BCUT2D eigenvalue weighted by atomic mass is 10.2. The Kier molecular flexibility index (Phi) is 8.64. The third-order valence-electron chi connectivity index (χ3n) is 4.67. The number of benzene rings is 1. The normalized spacial score (nSPS) is 16.3. The zero-order chi connectivity index (χ0) is 19.8. The summed E-state index contributed by atoms with van der Waals surface area (Å²) >= 11 is 4.90. The molecule has 28 heavy (non-hydrogen) atoms. The molecule has 1 unspecified atom stereocenters. The van der Waals surface area contributed by atoms with Gasteiger partial charge in [0.15, 0.2) is 8.68 Å². The maximum atomic E-state index is 12.8. The van der Waals surface area contributed by atoms with Crippen LogP contribution in [-0.4, -0.2) is 63.1 Å². The number of carbonyl (C=O) groups is 1. The zero-order valence-electron chi connectivity index (χ0n) is 16.5. The molecule has 0 aliphatic carbocycles. The molecule has 1 saturated heterocycles. The van der Waals surface area contributed by atoms with Gasteiger partial charge in [-0.1, -0.05) is 78.5 Å². The van der Waals surface area contributed by atoms with E-state index >= 15 is 0 Å². The molecule has 0 bridgehead atoms. The van der Waals surface area contributed by atoms with Crippen molar-refractivity contribution in [1.82, 2.24) is 20.0 Å². The lowest BCUT2D eigenvalue weighted by Gasteiger charge is -2.35. The minimum absolute atomic E-state index is 0.123. The van der Waals surface area contributed by atoms with Crippen molar-refractivity contribution in [3.05, 3.63) is 35.9 Å². The lowest BCUT2D eigenvalue weighted by Crippen LogP contribution is -2.50. The molecule has 2 aromatic rings. The topological polar surface area (TPSA) is 49.3 Å². The Hall–Kier alpha value is -1.09. The molecule has 1 aliphatic rings. The summed E-state index contributed by atoms with van der Waals surface area (Å²) in [6, 6.07) is 10.5. The van der Waals surface area contributed by atoms with Gasteiger partial charge in [-0.15, -0.1) is 10.2 Å². The van der Waals surface area contributed by atoms with Gasteiger partial charge in [0.2, 0.25) is 5.91 Å². The average Bonchev–Trinajstić information content (AvgIpc) is 3.16. The van der Waals surface area contributed by atoms with Crippen LogP contribution in [0.15, 0.2) is 39.0 Å². The highest BCUT2D eigenvalue weighted by molar-refractivity contribution is 8.03. The monoisotopic (exact) mass is 436 g/mol. The SMILES string of the molecule is CCCCSc1nnc(SC(C)C(=O)N2CCN(Cc3ccccc3)CC2)s1. The van der Waals surface area contributed by atoms with E-state index in [9.17, 15) is 4.79 Å². The van der Waals surface area contributed by atoms with E-state index < -0.39 is 0 Å². The van der Waals surface area contributed by atoms with Crippen molar-refractivity contribution in [2.75, 3.05) is 31.9 Å². The number of amides is 1. The van der Waals surface area contributed by atoms with Gasteiger partial charge in [0, 0.05) is 38.5 Å². The molecular weight excluding hydrogens is 408 g/mol. The molecule has 1 atom stereocenters. The van der Waals surface area contributed by atoms with Crippen molar-refractivity contribution in [2.45, 2.75) is 47.2 Å². The lowest BCUT2D eigenvalue weighted by molar-refractivity contribution is -0.132. The van der Waals surface area contributed by atoms with Gasteiger partial charge in [-0.25, -0.2) is 0 Å². The van der Waals surface area contributed by atoms with Crippen LogP contribution in [0.4, 0.5) is 0 Å². The first-order valence-corrected chi connectivity index (χ1v) is 12.5. The summed E-state index contributed by atoms with van der Waals surface area (Å²) < 4.78 is 1.90. The summed E-state index contributed by atoms with van der Waals surface area (Å²) in [4.78, 5) is 17.2. The van der Waals surface area contributed by atoms with E-state index in [-0.39, 0.29) is 11.2 Å². The highest BCUT2D eigenvalue weighted by atomic mass is 32.2. The number of unbranched alkanes of at least 4 members (excludes halogenated alkanes) is 1. The second-order valence-corrected chi connectivity index (χ2v) is 10.8. The van der Waals surface area contributed by atoms with Crippen LogP contribution in [0.5, 0.6) is 0 Å². The predicted octanol–water partition coefficient (Wildman–Crippen LogP) is 4.26. The molecule has 1 aromatic heterocycles. The smallest absolute Gasteiger partial charge is 0.235 e. The summed E-state index contributed by atoms with van der Waals surface area (Å²) in [6.07, 6.45) is 2.38. The summed E-state index contributed by atoms with van der Waals surface area (Å²) in [5.74, 6) is 1.29. The van der Waals surface area contributed by atoms with Crippen LogP contribution in [0.2, 0.25) is 0 Å². The van der Waals surface area contributed by atoms with Crippen molar-refractivity contribution in [2.24, 2.45) is 0 Å². The van der Waals surface area contributed by atoms with Crippen LogP contribution >= 0.6 is 34.9 Å². The van der Waals surface area contributed by atoms with Gasteiger partial charge in [-0.2, -0.15) is 0 Å². The number of hydrogen-bond donors (Lipinski definition) is 0. The number of hydrogen-bond acceptors (Lipinski definition) is 7. The van der Waals surface area contributed by atoms with Crippen molar-refractivity contribution >= 4 is 40.8 Å². The second-order valence-electron chi connectivity index (χ2n) is 6.88. The van der Waals surface area contributed by atoms with E-state index in [2.05, 4.69) is 46.3 Å². The first-order chi connectivity index (χ1) is 13.7. The average molecular weight is 437 g/mol. The molecule has 5 nitrogen and oxygen atoms in total.